The van der Waals surface area contributed by atoms with E-state index in [9.17, 15) is 9.59 Å². The number of isothiocyanates is 1. The van der Waals surface area contributed by atoms with E-state index in [4.69, 9.17) is 4.74 Å². The van der Waals surface area contributed by atoms with Crippen molar-refractivity contribution in [3.05, 3.63) is 35.9 Å². The summed E-state index contributed by atoms with van der Waals surface area (Å²) in [4.78, 5) is 28.1. The minimum absolute atomic E-state index is 0.177. The zero-order valence-corrected chi connectivity index (χ0v) is 10.9. The maximum Gasteiger partial charge on any atom is 0.417 e. The largest absolute Gasteiger partial charge is 0.447 e. The average Bonchev–Trinajstić information content (AvgIpc) is 2.78. The second-order valence-electron chi connectivity index (χ2n) is 4.09. The van der Waals surface area contributed by atoms with Crippen LogP contribution < -0.4 is 0 Å². The number of ether oxygens (including phenoxy) is 1. The van der Waals surface area contributed by atoms with E-state index in [1.165, 1.54) is 0 Å². The van der Waals surface area contributed by atoms with Gasteiger partial charge in [-0.2, -0.15) is 0 Å². The predicted molar refractivity (Wildman–Crippen MR) is 72.0 cm³/mol. The fraction of sp³-hybridized carbons (Fsp3) is 0.308. The van der Waals surface area contributed by atoms with Crippen molar-refractivity contribution in [3.63, 3.8) is 0 Å². The monoisotopic (exact) mass is 276 g/mol. The minimum Gasteiger partial charge on any atom is -0.447 e. The number of hydrogen-bond donors (Lipinski definition) is 0. The van der Waals surface area contributed by atoms with Crippen LogP contribution in [-0.2, 0) is 16.0 Å². The van der Waals surface area contributed by atoms with E-state index >= 15 is 0 Å². The van der Waals surface area contributed by atoms with E-state index < -0.39 is 12.0 Å². The molecule has 0 aliphatic carbocycles. The first kappa shape index (κ1) is 13.4. The molecule has 1 atom stereocenters. The lowest BCUT2D eigenvalue weighted by Gasteiger charge is -2.18. The van der Waals surface area contributed by atoms with Gasteiger partial charge in [-0.3, -0.25) is 4.79 Å². The minimum atomic E-state index is -0.620. The normalized spacial score (nSPS) is 17.8. The van der Waals surface area contributed by atoms with Crippen LogP contribution in [0.1, 0.15) is 5.56 Å². The van der Waals surface area contributed by atoms with Crippen molar-refractivity contribution in [2.75, 3.05) is 13.2 Å². The predicted octanol–water partition coefficient (Wildman–Crippen LogP) is 1.68. The molecule has 0 bridgehead atoms. The van der Waals surface area contributed by atoms with Crippen molar-refractivity contribution in [1.82, 2.24) is 4.90 Å². The molecule has 2 rings (SSSR count). The number of aliphatic imine (C=N–C) groups is 1. The summed E-state index contributed by atoms with van der Waals surface area (Å²) in [6, 6.07) is 9.34. The summed E-state index contributed by atoms with van der Waals surface area (Å²) in [7, 11) is 0. The second-order valence-corrected chi connectivity index (χ2v) is 4.27. The van der Waals surface area contributed by atoms with Gasteiger partial charge in [0, 0.05) is 0 Å². The van der Waals surface area contributed by atoms with Gasteiger partial charge in [0.2, 0.25) is 0 Å². The van der Waals surface area contributed by atoms with Crippen LogP contribution in [0.15, 0.2) is 35.3 Å². The molecule has 0 radical (unpaired) electrons. The zero-order valence-electron chi connectivity index (χ0n) is 10.1. The first-order valence-electron chi connectivity index (χ1n) is 5.78. The fourth-order valence-corrected chi connectivity index (χ4v) is 2.04. The number of rotatable bonds is 4. The quantitative estimate of drug-likeness (QED) is 0.620. The molecule has 1 heterocycles. The number of benzene rings is 1. The SMILES string of the molecule is O=C(CN=C=S)N1C(=O)OC[C@@H]1Cc1ccccc1. The Balaban J connectivity index is 2.09. The molecular formula is C13H12N2O3S. The highest BCUT2D eigenvalue weighted by Crippen LogP contribution is 2.17. The smallest absolute Gasteiger partial charge is 0.417 e. The average molecular weight is 276 g/mol. The molecule has 1 fully saturated rings. The molecule has 0 spiro atoms. The first-order chi connectivity index (χ1) is 9.22. The van der Waals surface area contributed by atoms with Crippen LogP contribution in [0, 0.1) is 0 Å². The van der Waals surface area contributed by atoms with E-state index in [0.717, 1.165) is 10.5 Å². The molecule has 6 heteroatoms. The van der Waals surface area contributed by atoms with Gasteiger partial charge in [-0.1, -0.05) is 30.3 Å². The molecule has 1 aliphatic heterocycles. The van der Waals surface area contributed by atoms with Crippen LogP contribution in [-0.4, -0.2) is 41.3 Å². The molecule has 1 saturated heterocycles. The molecule has 1 aromatic carbocycles. The summed E-state index contributed by atoms with van der Waals surface area (Å²) in [5.74, 6) is -0.416. The van der Waals surface area contributed by atoms with Gasteiger partial charge in [-0.05, 0) is 24.2 Å². The van der Waals surface area contributed by atoms with Gasteiger partial charge in [-0.15, -0.1) is 0 Å². The summed E-state index contributed by atoms with van der Waals surface area (Å²) >= 11 is 4.41. The Kier molecular flexibility index (Phi) is 4.39. The number of hydrogen-bond acceptors (Lipinski definition) is 5. The summed E-state index contributed by atoms with van der Waals surface area (Å²) in [6.07, 6.45) is -0.0508. The molecule has 5 nitrogen and oxygen atoms in total. The third-order valence-electron chi connectivity index (χ3n) is 2.82. The van der Waals surface area contributed by atoms with Crippen molar-refractivity contribution < 1.29 is 14.3 Å². The highest BCUT2D eigenvalue weighted by molar-refractivity contribution is 7.78. The van der Waals surface area contributed by atoms with E-state index in [1.807, 2.05) is 30.3 Å². The maximum absolute atomic E-state index is 11.9. The van der Waals surface area contributed by atoms with Crippen LogP contribution in [0.5, 0.6) is 0 Å². The van der Waals surface area contributed by atoms with Gasteiger partial charge >= 0.3 is 6.09 Å². The number of carbonyl (C=O) groups excluding carboxylic acids is 2. The van der Waals surface area contributed by atoms with Crippen LogP contribution >= 0.6 is 12.2 Å². The third-order valence-corrected chi connectivity index (χ3v) is 2.95. The van der Waals surface area contributed by atoms with Gasteiger partial charge < -0.3 is 4.74 Å². The maximum atomic E-state index is 11.9. The summed E-state index contributed by atoms with van der Waals surface area (Å²) in [5.41, 5.74) is 1.04. The van der Waals surface area contributed by atoms with Crippen LogP contribution in [0.3, 0.4) is 0 Å². The zero-order chi connectivity index (χ0) is 13.7. The third kappa shape index (κ3) is 3.24. The van der Waals surface area contributed by atoms with Crippen LogP contribution in [0.4, 0.5) is 4.79 Å². The van der Waals surface area contributed by atoms with E-state index in [1.54, 1.807) is 0 Å². The number of cyclic esters (lactones) is 1. The van der Waals surface area contributed by atoms with Crippen molar-refractivity contribution >= 4 is 29.4 Å². The highest BCUT2D eigenvalue weighted by atomic mass is 32.1. The molecule has 19 heavy (non-hydrogen) atoms. The summed E-state index contributed by atoms with van der Waals surface area (Å²) in [5, 5.41) is 2.11. The lowest BCUT2D eigenvalue weighted by atomic mass is 10.1. The fourth-order valence-electron chi connectivity index (χ4n) is 1.98. The molecular weight excluding hydrogens is 264 g/mol. The highest BCUT2D eigenvalue weighted by Gasteiger charge is 2.37. The topological polar surface area (TPSA) is 59.0 Å². The molecule has 98 valence electrons. The number of thiocarbonyl (C=S) groups is 1. The van der Waals surface area contributed by atoms with Gasteiger partial charge in [-0.25, -0.2) is 14.7 Å². The first-order valence-corrected chi connectivity index (χ1v) is 6.19. The van der Waals surface area contributed by atoms with Crippen LogP contribution in [0.25, 0.3) is 0 Å². The molecule has 0 aromatic heterocycles. The second kappa shape index (κ2) is 6.22. The van der Waals surface area contributed by atoms with Gasteiger partial charge in [0.1, 0.15) is 13.2 Å². The molecule has 0 saturated carbocycles. The summed E-state index contributed by atoms with van der Waals surface area (Å²) < 4.78 is 4.93. The lowest BCUT2D eigenvalue weighted by molar-refractivity contribution is -0.127. The van der Waals surface area contributed by atoms with Gasteiger partial charge in [0.25, 0.3) is 5.91 Å². The molecule has 1 aromatic rings. The standard InChI is InChI=1S/C13H12N2O3S/c16-12(7-14-9-19)15-11(8-18-13(15)17)6-10-4-2-1-3-5-10/h1-5,11H,6-8H2/t11-/m0/s1. The Morgan fingerprint density at radius 2 is 2.21 bits per heavy atom. The Bertz CT molecular complexity index is 526. The Hall–Kier alpha value is -2.04. The van der Waals surface area contributed by atoms with E-state index in [0.29, 0.717) is 6.42 Å². The number of amides is 2. The van der Waals surface area contributed by atoms with Crippen molar-refractivity contribution in [1.29, 1.82) is 0 Å². The molecule has 0 unspecified atom stereocenters. The Labute approximate surface area is 115 Å². The van der Waals surface area contributed by atoms with Gasteiger partial charge in [0.05, 0.1) is 11.2 Å². The van der Waals surface area contributed by atoms with Gasteiger partial charge in [0.15, 0.2) is 0 Å². The van der Waals surface area contributed by atoms with Crippen molar-refractivity contribution in [3.8, 4) is 0 Å². The summed E-state index contributed by atoms with van der Waals surface area (Å²) in [6.45, 7) is 0.0324. The van der Waals surface area contributed by atoms with E-state index in [2.05, 4.69) is 22.4 Å². The van der Waals surface area contributed by atoms with E-state index in [-0.39, 0.29) is 19.2 Å². The number of imide groups is 1. The van der Waals surface area contributed by atoms with Crippen LogP contribution in [0.2, 0.25) is 0 Å². The molecule has 2 amide bonds. The number of carbonyl (C=O) groups is 2. The van der Waals surface area contributed by atoms with Crippen molar-refractivity contribution in [2.24, 2.45) is 4.99 Å². The molecule has 0 N–H and O–H groups in total. The number of nitrogens with zero attached hydrogens (tertiary/aromatic N) is 2. The Morgan fingerprint density at radius 1 is 1.47 bits per heavy atom. The van der Waals surface area contributed by atoms with Crippen molar-refractivity contribution in [2.45, 2.75) is 12.5 Å². The molecule has 1 aliphatic rings. The Morgan fingerprint density at radius 3 is 2.89 bits per heavy atom. The lowest BCUT2D eigenvalue weighted by Crippen LogP contribution is -2.41.